The van der Waals surface area contributed by atoms with E-state index in [1.165, 1.54) is 18.2 Å². The summed E-state index contributed by atoms with van der Waals surface area (Å²) in [6.07, 6.45) is 0.456. The lowest BCUT2D eigenvalue weighted by atomic mass is 9.99. The molecule has 0 aliphatic heterocycles. The minimum atomic E-state index is -0.383. The molecule has 0 amide bonds. The molecule has 0 bridgehead atoms. The maximum atomic E-state index is 13.1. The molecule has 2 rings (SSSR count). The molecule has 0 fully saturated rings. The quantitative estimate of drug-likeness (QED) is 0.862. The molecule has 1 nitrogen and oxygen atoms in total. The van der Waals surface area contributed by atoms with Gasteiger partial charge in [0.15, 0.2) is 0 Å². The van der Waals surface area contributed by atoms with Crippen molar-refractivity contribution in [3.63, 3.8) is 0 Å². The van der Waals surface area contributed by atoms with Gasteiger partial charge in [-0.1, -0.05) is 23.7 Å². The lowest BCUT2D eigenvalue weighted by Gasteiger charge is -2.14. The van der Waals surface area contributed by atoms with Gasteiger partial charge in [0, 0.05) is 11.1 Å². The van der Waals surface area contributed by atoms with Crippen LogP contribution < -0.4 is 5.73 Å². The number of halogens is 4. The topological polar surface area (TPSA) is 26.0 Å². The van der Waals surface area contributed by atoms with Gasteiger partial charge >= 0.3 is 0 Å². The van der Waals surface area contributed by atoms with E-state index in [-0.39, 0.29) is 17.7 Å². The summed E-state index contributed by atoms with van der Waals surface area (Å²) in [6.45, 7) is 0. The molecule has 0 aromatic heterocycles. The van der Waals surface area contributed by atoms with Gasteiger partial charge in [-0.3, -0.25) is 0 Å². The minimum Gasteiger partial charge on any atom is -0.324 e. The Balaban J connectivity index is 2.20. The van der Waals surface area contributed by atoms with Crippen LogP contribution in [0.25, 0.3) is 0 Å². The predicted molar refractivity (Wildman–Crippen MR) is 76.1 cm³/mol. The van der Waals surface area contributed by atoms with Gasteiger partial charge in [0.1, 0.15) is 11.6 Å². The van der Waals surface area contributed by atoms with E-state index in [1.54, 1.807) is 18.2 Å². The van der Waals surface area contributed by atoms with Crippen molar-refractivity contribution in [3.8, 4) is 0 Å². The molecule has 0 saturated heterocycles. The zero-order chi connectivity index (χ0) is 14.0. The molecule has 0 saturated carbocycles. The van der Waals surface area contributed by atoms with Crippen molar-refractivity contribution in [2.45, 2.75) is 12.5 Å². The highest BCUT2D eigenvalue weighted by Crippen LogP contribution is 2.25. The second kappa shape index (κ2) is 5.99. The molecule has 0 aliphatic carbocycles. The van der Waals surface area contributed by atoms with Crippen molar-refractivity contribution >= 4 is 27.5 Å². The van der Waals surface area contributed by atoms with Crippen molar-refractivity contribution in [2.24, 2.45) is 5.73 Å². The van der Waals surface area contributed by atoms with E-state index in [0.717, 1.165) is 11.1 Å². The molecule has 2 aromatic carbocycles. The lowest BCUT2D eigenvalue weighted by Crippen LogP contribution is -2.13. The third kappa shape index (κ3) is 3.53. The molecular weight excluding hydrogens is 336 g/mol. The first-order chi connectivity index (χ1) is 8.97. The average molecular weight is 347 g/mol. The van der Waals surface area contributed by atoms with Crippen LogP contribution in [-0.2, 0) is 6.42 Å². The predicted octanol–water partition coefficient (Wildman–Crippen LogP) is 4.62. The fourth-order valence-corrected chi connectivity index (χ4v) is 2.43. The molecule has 0 radical (unpaired) electrons. The number of hydrogen-bond donors (Lipinski definition) is 1. The number of benzene rings is 2. The SMILES string of the molecule is NC(Cc1ccc(F)cc1Cl)c1ccc(F)c(Br)c1. The smallest absolute Gasteiger partial charge is 0.137 e. The van der Waals surface area contributed by atoms with Crippen molar-refractivity contribution in [1.82, 2.24) is 0 Å². The summed E-state index contributed by atoms with van der Waals surface area (Å²) in [4.78, 5) is 0. The van der Waals surface area contributed by atoms with E-state index in [4.69, 9.17) is 17.3 Å². The molecule has 1 unspecified atom stereocenters. The Morgan fingerprint density at radius 2 is 1.89 bits per heavy atom. The molecule has 19 heavy (non-hydrogen) atoms. The summed E-state index contributed by atoms with van der Waals surface area (Å²) in [5, 5.41) is 0.344. The third-order valence-corrected chi connectivity index (χ3v) is 3.79. The molecule has 0 aliphatic rings. The molecule has 0 heterocycles. The maximum absolute atomic E-state index is 13.1. The van der Waals surface area contributed by atoms with E-state index in [1.807, 2.05) is 0 Å². The van der Waals surface area contributed by atoms with Gasteiger partial charge in [0.05, 0.1) is 4.47 Å². The monoisotopic (exact) mass is 345 g/mol. The maximum Gasteiger partial charge on any atom is 0.137 e. The van der Waals surface area contributed by atoms with Gasteiger partial charge in [-0.2, -0.15) is 0 Å². The minimum absolute atomic E-state index is 0.333. The van der Waals surface area contributed by atoms with Crippen molar-refractivity contribution in [2.75, 3.05) is 0 Å². The number of hydrogen-bond acceptors (Lipinski definition) is 1. The van der Waals surface area contributed by atoms with Crippen LogP contribution in [0.15, 0.2) is 40.9 Å². The van der Waals surface area contributed by atoms with Gasteiger partial charge in [-0.25, -0.2) is 8.78 Å². The fourth-order valence-electron chi connectivity index (χ4n) is 1.79. The highest BCUT2D eigenvalue weighted by atomic mass is 79.9. The highest BCUT2D eigenvalue weighted by molar-refractivity contribution is 9.10. The van der Waals surface area contributed by atoms with E-state index in [9.17, 15) is 8.78 Å². The van der Waals surface area contributed by atoms with Gasteiger partial charge in [0.2, 0.25) is 0 Å². The number of nitrogens with two attached hydrogens (primary N) is 1. The summed E-state index contributed by atoms with van der Waals surface area (Å²) in [5.41, 5.74) is 7.60. The van der Waals surface area contributed by atoms with E-state index >= 15 is 0 Å². The lowest BCUT2D eigenvalue weighted by molar-refractivity contribution is 0.616. The van der Waals surface area contributed by atoms with Crippen LogP contribution in [0.1, 0.15) is 17.2 Å². The van der Waals surface area contributed by atoms with Crippen molar-refractivity contribution in [1.29, 1.82) is 0 Å². The van der Waals surface area contributed by atoms with Crippen LogP contribution in [0.3, 0.4) is 0 Å². The summed E-state index contributed by atoms with van der Waals surface area (Å²) in [7, 11) is 0. The van der Waals surface area contributed by atoms with Crippen LogP contribution in [-0.4, -0.2) is 0 Å². The van der Waals surface area contributed by atoms with E-state index in [2.05, 4.69) is 15.9 Å². The Kier molecular flexibility index (Phi) is 4.55. The largest absolute Gasteiger partial charge is 0.324 e. The first-order valence-corrected chi connectivity index (χ1v) is 6.79. The average Bonchev–Trinajstić information content (AvgIpc) is 2.36. The van der Waals surface area contributed by atoms with Gasteiger partial charge in [-0.05, 0) is 57.7 Å². The molecule has 100 valence electrons. The fraction of sp³-hybridized carbons (Fsp3) is 0.143. The van der Waals surface area contributed by atoms with Crippen molar-refractivity contribution < 1.29 is 8.78 Å². The Hall–Kier alpha value is -0.970. The molecule has 5 heteroatoms. The normalized spacial score (nSPS) is 12.5. The zero-order valence-electron chi connectivity index (χ0n) is 9.84. The highest BCUT2D eigenvalue weighted by Gasteiger charge is 2.12. The summed E-state index contributed by atoms with van der Waals surface area (Å²) >= 11 is 9.07. The Labute approximate surface area is 123 Å². The van der Waals surface area contributed by atoms with Crippen LogP contribution >= 0.6 is 27.5 Å². The first-order valence-electron chi connectivity index (χ1n) is 5.62. The summed E-state index contributed by atoms with van der Waals surface area (Å²) < 4.78 is 26.5. The Morgan fingerprint density at radius 1 is 1.16 bits per heavy atom. The second-order valence-corrected chi connectivity index (χ2v) is 5.48. The Morgan fingerprint density at radius 3 is 2.53 bits per heavy atom. The molecular formula is C14H11BrClF2N. The third-order valence-electron chi connectivity index (χ3n) is 2.83. The van der Waals surface area contributed by atoms with Crippen LogP contribution in [0, 0.1) is 11.6 Å². The van der Waals surface area contributed by atoms with Crippen molar-refractivity contribution in [3.05, 3.63) is 68.7 Å². The first kappa shape index (κ1) is 14.4. The van der Waals surface area contributed by atoms with Gasteiger partial charge in [0.25, 0.3) is 0 Å². The molecule has 2 N–H and O–H groups in total. The summed E-state index contributed by atoms with van der Waals surface area (Å²) in [5.74, 6) is -0.720. The second-order valence-electron chi connectivity index (χ2n) is 4.22. The van der Waals surface area contributed by atoms with E-state index < -0.39 is 0 Å². The Bertz CT molecular complexity index is 604. The van der Waals surface area contributed by atoms with Crippen LogP contribution in [0.5, 0.6) is 0 Å². The van der Waals surface area contributed by atoms with Gasteiger partial charge < -0.3 is 5.73 Å². The van der Waals surface area contributed by atoms with Crippen LogP contribution in [0.4, 0.5) is 8.78 Å². The molecule has 0 spiro atoms. The summed E-state index contributed by atoms with van der Waals surface area (Å²) in [6, 6.07) is 8.49. The molecule has 2 aromatic rings. The standard InChI is InChI=1S/C14H11BrClF2N/c15-11-5-9(2-4-13(11)18)14(19)6-8-1-3-10(17)7-12(8)16/h1-5,7,14H,6,19H2. The number of rotatable bonds is 3. The van der Waals surface area contributed by atoms with Crippen LogP contribution in [0.2, 0.25) is 5.02 Å². The molecule has 1 atom stereocenters. The zero-order valence-corrected chi connectivity index (χ0v) is 12.2. The van der Waals surface area contributed by atoms with Gasteiger partial charge in [-0.15, -0.1) is 0 Å². The van der Waals surface area contributed by atoms with E-state index in [0.29, 0.717) is 15.9 Å².